The number of hydrogen-bond donors (Lipinski definition) is 1. The number of amides is 1. The Balaban J connectivity index is 1.66. The van der Waals surface area contributed by atoms with Gasteiger partial charge in [0.25, 0.3) is 5.91 Å². The first-order valence-electron chi connectivity index (χ1n) is 9.18. The third-order valence-corrected chi connectivity index (χ3v) is 6.81. The number of anilines is 1. The van der Waals surface area contributed by atoms with Crippen molar-refractivity contribution in [3.8, 4) is 0 Å². The van der Waals surface area contributed by atoms with Gasteiger partial charge in [-0.05, 0) is 45.4 Å². The number of pyridine rings is 1. The Bertz CT molecular complexity index is 1200. The molecule has 2 aromatic heterocycles. The Morgan fingerprint density at radius 3 is 2.68 bits per heavy atom. The van der Waals surface area contributed by atoms with E-state index in [9.17, 15) is 13.2 Å². The average Bonchev–Trinajstić information content (AvgIpc) is 3.16. The minimum absolute atomic E-state index is 0.0484. The van der Waals surface area contributed by atoms with Crippen LogP contribution in [-0.4, -0.2) is 40.6 Å². The van der Waals surface area contributed by atoms with Crippen molar-refractivity contribution < 1.29 is 13.2 Å². The lowest BCUT2D eigenvalue weighted by atomic mass is 10.1. The maximum atomic E-state index is 13.0. The molecule has 146 valence electrons. The molecule has 1 atom stereocenters. The summed E-state index contributed by atoms with van der Waals surface area (Å²) in [5.74, 6) is 0.424. The van der Waals surface area contributed by atoms with Crippen molar-refractivity contribution in [1.29, 1.82) is 0 Å². The molecule has 8 heteroatoms. The third kappa shape index (κ3) is 3.52. The number of nitrogens with zero attached hydrogens (tertiary/aromatic N) is 3. The Morgan fingerprint density at radius 2 is 1.96 bits per heavy atom. The van der Waals surface area contributed by atoms with Crippen LogP contribution in [0.3, 0.4) is 0 Å². The fourth-order valence-electron chi connectivity index (χ4n) is 3.66. The molecule has 7 nitrogen and oxygen atoms in total. The molecule has 1 N–H and O–H groups in total. The summed E-state index contributed by atoms with van der Waals surface area (Å²) in [6.45, 7) is 5.62. The van der Waals surface area contributed by atoms with E-state index in [2.05, 4.69) is 15.4 Å². The summed E-state index contributed by atoms with van der Waals surface area (Å²) < 4.78 is 25.3. The number of carbonyl (C=O) groups excluding carboxylic acids is 1. The molecule has 28 heavy (non-hydrogen) atoms. The predicted octanol–water partition coefficient (Wildman–Crippen LogP) is 2.97. The number of aromatic nitrogens is 3. The molecule has 3 aromatic rings. The number of sulfone groups is 1. The van der Waals surface area contributed by atoms with Crippen molar-refractivity contribution in [3.63, 3.8) is 0 Å². The summed E-state index contributed by atoms with van der Waals surface area (Å²) in [5, 5.41) is 8.21. The summed E-state index contributed by atoms with van der Waals surface area (Å²) in [7, 11) is -3.05. The van der Waals surface area contributed by atoms with Crippen molar-refractivity contribution >= 4 is 32.5 Å². The highest BCUT2D eigenvalue weighted by atomic mass is 32.2. The van der Waals surface area contributed by atoms with Gasteiger partial charge in [0.15, 0.2) is 9.84 Å². The highest BCUT2D eigenvalue weighted by Gasteiger charge is 2.31. The van der Waals surface area contributed by atoms with Gasteiger partial charge < -0.3 is 5.32 Å². The van der Waals surface area contributed by atoms with E-state index >= 15 is 0 Å². The molecule has 0 bridgehead atoms. The topological polar surface area (TPSA) is 93.9 Å². The molecular weight excluding hydrogens is 376 g/mol. The van der Waals surface area contributed by atoms with Gasteiger partial charge in [0, 0.05) is 11.5 Å². The van der Waals surface area contributed by atoms with E-state index in [0.29, 0.717) is 23.5 Å². The first-order chi connectivity index (χ1) is 13.2. The Morgan fingerprint density at radius 1 is 1.18 bits per heavy atom. The van der Waals surface area contributed by atoms with Crippen LogP contribution in [0, 0.1) is 20.8 Å². The summed E-state index contributed by atoms with van der Waals surface area (Å²) >= 11 is 0. The summed E-state index contributed by atoms with van der Waals surface area (Å²) in [5.41, 5.74) is 3.79. The zero-order valence-electron chi connectivity index (χ0n) is 16.1. The molecule has 0 spiro atoms. The molecule has 0 radical (unpaired) electrons. The van der Waals surface area contributed by atoms with Gasteiger partial charge >= 0.3 is 0 Å². The Labute approximate surface area is 163 Å². The third-order valence-electron chi connectivity index (χ3n) is 5.06. The van der Waals surface area contributed by atoms with Crippen LogP contribution in [0.2, 0.25) is 0 Å². The molecule has 0 saturated carbocycles. The summed E-state index contributed by atoms with van der Waals surface area (Å²) in [6, 6.07) is 9.28. The second kappa shape index (κ2) is 6.70. The standard InChI is InChI=1S/C20H22N4O3S/c1-12-4-5-18-15(8-12)10-17(14(3)21-18)20(25)22-19-9-13(2)23-24(19)16-6-7-28(26,27)11-16/h4-5,8-10,16H,6-7,11H2,1-3H3,(H,22,25). The van der Waals surface area contributed by atoms with E-state index in [4.69, 9.17) is 0 Å². The van der Waals surface area contributed by atoms with E-state index in [1.165, 1.54) is 0 Å². The normalized spacial score (nSPS) is 18.5. The molecule has 1 saturated heterocycles. The molecule has 4 rings (SSSR count). The molecule has 0 aliphatic carbocycles. The van der Waals surface area contributed by atoms with E-state index in [1.54, 1.807) is 17.7 Å². The molecule has 1 aliphatic heterocycles. The molecule has 1 aliphatic rings. The van der Waals surface area contributed by atoms with Gasteiger partial charge in [0.1, 0.15) is 5.82 Å². The van der Waals surface area contributed by atoms with Crippen LogP contribution in [0.4, 0.5) is 5.82 Å². The van der Waals surface area contributed by atoms with Crippen LogP contribution in [-0.2, 0) is 9.84 Å². The Hall–Kier alpha value is -2.74. The minimum Gasteiger partial charge on any atom is -0.307 e. The van der Waals surface area contributed by atoms with Gasteiger partial charge in [-0.1, -0.05) is 11.6 Å². The molecule has 3 heterocycles. The average molecular weight is 398 g/mol. The predicted molar refractivity (Wildman–Crippen MR) is 108 cm³/mol. The maximum Gasteiger partial charge on any atom is 0.258 e. The van der Waals surface area contributed by atoms with Crippen LogP contribution in [0.1, 0.15) is 39.8 Å². The highest BCUT2D eigenvalue weighted by molar-refractivity contribution is 7.91. The van der Waals surface area contributed by atoms with Crippen LogP contribution in [0.5, 0.6) is 0 Å². The van der Waals surface area contributed by atoms with Crippen molar-refractivity contribution in [2.45, 2.75) is 33.2 Å². The van der Waals surface area contributed by atoms with Crippen molar-refractivity contribution in [2.24, 2.45) is 0 Å². The number of carbonyl (C=O) groups is 1. The van der Waals surface area contributed by atoms with Crippen LogP contribution < -0.4 is 5.32 Å². The molecule has 1 fully saturated rings. The van der Waals surface area contributed by atoms with Crippen LogP contribution in [0.25, 0.3) is 10.9 Å². The van der Waals surface area contributed by atoms with Crippen molar-refractivity contribution in [1.82, 2.24) is 14.8 Å². The minimum atomic E-state index is -3.05. The zero-order valence-corrected chi connectivity index (χ0v) is 16.9. The lowest BCUT2D eigenvalue weighted by Gasteiger charge is -2.14. The monoisotopic (exact) mass is 398 g/mol. The van der Waals surface area contributed by atoms with Crippen LogP contribution in [0.15, 0.2) is 30.3 Å². The van der Waals surface area contributed by atoms with Crippen LogP contribution >= 0.6 is 0 Å². The molecule has 1 amide bonds. The van der Waals surface area contributed by atoms with Gasteiger partial charge in [-0.25, -0.2) is 13.1 Å². The fraction of sp³-hybridized carbons (Fsp3) is 0.350. The fourth-order valence-corrected chi connectivity index (χ4v) is 5.35. The number of benzene rings is 1. The largest absolute Gasteiger partial charge is 0.307 e. The van der Waals surface area contributed by atoms with Gasteiger partial charge in [-0.2, -0.15) is 5.10 Å². The lowest BCUT2D eigenvalue weighted by molar-refractivity contribution is 0.102. The first-order valence-corrected chi connectivity index (χ1v) is 11.0. The van der Waals surface area contributed by atoms with Gasteiger partial charge in [-0.3, -0.25) is 9.78 Å². The number of aryl methyl sites for hydroxylation is 3. The quantitative estimate of drug-likeness (QED) is 0.732. The van der Waals surface area contributed by atoms with Gasteiger partial charge in [0.05, 0.1) is 40.0 Å². The van der Waals surface area contributed by atoms with Crippen molar-refractivity contribution in [2.75, 3.05) is 16.8 Å². The number of rotatable bonds is 3. The summed E-state index contributed by atoms with van der Waals surface area (Å²) in [4.78, 5) is 17.5. The highest BCUT2D eigenvalue weighted by Crippen LogP contribution is 2.27. The van der Waals surface area contributed by atoms with E-state index < -0.39 is 9.84 Å². The van der Waals surface area contributed by atoms with Gasteiger partial charge in [-0.15, -0.1) is 0 Å². The molecule has 1 unspecified atom stereocenters. The summed E-state index contributed by atoms with van der Waals surface area (Å²) in [6.07, 6.45) is 0.502. The first kappa shape index (κ1) is 18.6. The molecular formula is C20H22N4O3S. The SMILES string of the molecule is Cc1ccc2nc(C)c(C(=O)Nc3cc(C)nn3C3CCS(=O)(=O)C3)cc2c1. The second-order valence-corrected chi connectivity index (χ2v) is 9.67. The number of nitrogens with one attached hydrogen (secondary N) is 1. The second-order valence-electron chi connectivity index (χ2n) is 7.44. The van der Waals surface area contributed by atoms with Crippen molar-refractivity contribution in [3.05, 3.63) is 52.8 Å². The van der Waals surface area contributed by atoms with E-state index in [0.717, 1.165) is 22.2 Å². The lowest BCUT2D eigenvalue weighted by Crippen LogP contribution is -2.20. The van der Waals surface area contributed by atoms with E-state index in [1.807, 2.05) is 38.1 Å². The number of hydrogen-bond acceptors (Lipinski definition) is 5. The molecule has 1 aromatic carbocycles. The zero-order chi connectivity index (χ0) is 20.1. The smallest absolute Gasteiger partial charge is 0.258 e. The Kier molecular flexibility index (Phi) is 4.45. The maximum absolute atomic E-state index is 13.0. The van der Waals surface area contributed by atoms with Gasteiger partial charge in [0.2, 0.25) is 0 Å². The van der Waals surface area contributed by atoms with E-state index in [-0.39, 0.29) is 23.5 Å². The number of fused-ring (bicyclic) bond motifs is 1.